The maximum Gasteiger partial charge on any atom is 0.274 e. The molecular weight excluding hydrogens is 239 g/mol. The van der Waals surface area contributed by atoms with Gasteiger partial charge in [-0.05, 0) is 25.8 Å². The molecule has 0 bridgehead atoms. The number of ether oxygens (including phenoxy) is 1. The summed E-state index contributed by atoms with van der Waals surface area (Å²) in [6, 6.07) is 3.70. The lowest BCUT2D eigenvalue weighted by Crippen LogP contribution is -2.32. The Labute approximate surface area is 104 Å². The lowest BCUT2D eigenvalue weighted by atomic mass is 10.0. The van der Waals surface area contributed by atoms with Crippen LogP contribution < -0.4 is 5.32 Å². The minimum Gasteiger partial charge on any atom is -0.382 e. The summed E-state index contributed by atoms with van der Waals surface area (Å²) in [5, 5.41) is 13.8. The molecule has 0 saturated carbocycles. The van der Waals surface area contributed by atoms with E-state index in [1.54, 1.807) is 0 Å². The van der Waals surface area contributed by atoms with E-state index in [1.807, 2.05) is 6.92 Å². The molecule has 0 aliphatic carbocycles. The third-order valence-electron chi connectivity index (χ3n) is 2.95. The Morgan fingerprint density at radius 2 is 2.28 bits per heavy atom. The van der Waals surface area contributed by atoms with Crippen LogP contribution >= 0.6 is 0 Å². The molecule has 1 N–H and O–H groups in total. The van der Waals surface area contributed by atoms with Gasteiger partial charge in [-0.25, -0.2) is 4.39 Å². The van der Waals surface area contributed by atoms with E-state index in [1.165, 1.54) is 12.1 Å². The van der Waals surface area contributed by atoms with Crippen molar-refractivity contribution >= 4 is 11.4 Å². The van der Waals surface area contributed by atoms with Gasteiger partial charge in [-0.1, -0.05) is 0 Å². The zero-order valence-electron chi connectivity index (χ0n) is 10.1. The normalized spacial score (nSPS) is 23.7. The molecule has 1 aromatic rings. The van der Waals surface area contributed by atoms with Crippen molar-refractivity contribution in [2.45, 2.75) is 31.9 Å². The topological polar surface area (TPSA) is 64.4 Å². The molecule has 0 spiro atoms. The van der Waals surface area contributed by atoms with Crippen LogP contribution in [0.25, 0.3) is 0 Å². The average Bonchev–Trinajstić information content (AvgIpc) is 2.28. The fourth-order valence-corrected chi connectivity index (χ4v) is 2.13. The highest BCUT2D eigenvalue weighted by molar-refractivity contribution is 5.52. The van der Waals surface area contributed by atoms with Crippen LogP contribution in [0.5, 0.6) is 0 Å². The maximum absolute atomic E-state index is 13.2. The molecule has 6 heteroatoms. The van der Waals surface area contributed by atoms with Crippen molar-refractivity contribution in [2.24, 2.45) is 0 Å². The summed E-state index contributed by atoms with van der Waals surface area (Å²) in [5.41, 5.74) is 0.207. The standard InChI is InChI=1S/C12H15FN2O3/c1-8-4-10(2-3-18-8)14-11-5-9(13)6-12(7-11)15(16)17/h5-8,10,14H,2-4H2,1H3. The Kier molecular flexibility index (Phi) is 3.76. The van der Waals surface area contributed by atoms with Gasteiger partial charge >= 0.3 is 0 Å². The molecule has 18 heavy (non-hydrogen) atoms. The molecule has 98 valence electrons. The number of anilines is 1. The SMILES string of the molecule is CC1CC(Nc2cc(F)cc([N+](=O)[O-])c2)CCO1. The first kappa shape index (κ1) is 12.8. The summed E-state index contributed by atoms with van der Waals surface area (Å²) >= 11 is 0. The molecule has 2 unspecified atom stereocenters. The van der Waals surface area contributed by atoms with Crippen molar-refractivity contribution in [3.8, 4) is 0 Å². The fourth-order valence-electron chi connectivity index (χ4n) is 2.13. The number of non-ortho nitro benzene ring substituents is 1. The monoisotopic (exact) mass is 254 g/mol. The zero-order chi connectivity index (χ0) is 13.1. The molecule has 2 rings (SSSR count). The van der Waals surface area contributed by atoms with Crippen LogP contribution in [0.3, 0.4) is 0 Å². The van der Waals surface area contributed by atoms with Crippen LogP contribution in [0.1, 0.15) is 19.8 Å². The van der Waals surface area contributed by atoms with E-state index in [9.17, 15) is 14.5 Å². The molecule has 1 aliphatic heterocycles. The number of hydrogen-bond acceptors (Lipinski definition) is 4. The van der Waals surface area contributed by atoms with Gasteiger partial charge in [-0.3, -0.25) is 10.1 Å². The number of nitrogens with zero attached hydrogens (tertiary/aromatic N) is 1. The highest BCUT2D eigenvalue weighted by Crippen LogP contribution is 2.23. The molecule has 1 aromatic carbocycles. The van der Waals surface area contributed by atoms with E-state index in [-0.39, 0.29) is 17.8 Å². The van der Waals surface area contributed by atoms with E-state index in [0.717, 1.165) is 18.9 Å². The maximum atomic E-state index is 13.2. The highest BCUT2D eigenvalue weighted by Gasteiger charge is 2.20. The van der Waals surface area contributed by atoms with Gasteiger partial charge in [0.1, 0.15) is 5.82 Å². The molecule has 1 saturated heterocycles. The van der Waals surface area contributed by atoms with Crippen molar-refractivity contribution in [3.05, 3.63) is 34.1 Å². The van der Waals surface area contributed by atoms with Crippen LogP contribution in [0.2, 0.25) is 0 Å². The number of nitro groups is 1. The Morgan fingerprint density at radius 1 is 1.50 bits per heavy atom. The Balaban J connectivity index is 2.10. The molecule has 0 amide bonds. The Bertz CT molecular complexity index is 453. The van der Waals surface area contributed by atoms with Gasteiger partial charge in [0.2, 0.25) is 0 Å². The third-order valence-corrected chi connectivity index (χ3v) is 2.95. The van der Waals surface area contributed by atoms with Gasteiger partial charge < -0.3 is 10.1 Å². The van der Waals surface area contributed by atoms with E-state index in [2.05, 4.69) is 5.32 Å². The van der Waals surface area contributed by atoms with Gasteiger partial charge in [0, 0.05) is 24.4 Å². The van der Waals surface area contributed by atoms with Gasteiger partial charge in [-0.2, -0.15) is 0 Å². The summed E-state index contributed by atoms with van der Waals surface area (Å²) in [6.45, 7) is 2.62. The number of hydrogen-bond donors (Lipinski definition) is 1. The summed E-state index contributed by atoms with van der Waals surface area (Å²) < 4.78 is 18.7. The molecular formula is C12H15FN2O3. The molecule has 1 aliphatic rings. The first-order chi connectivity index (χ1) is 8.54. The van der Waals surface area contributed by atoms with Crippen molar-refractivity contribution in [1.29, 1.82) is 0 Å². The second-order valence-electron chi connectivity index (χ2n) is 4.50. The third kappa shape index (κ3) is 3.16. The quantitative estimate of drug-likeness (QED) is 0.665. The lowest BCUT2D eigenvalue weighted by Gasteiger charge is -2.28. The Morgan fingerprint density at radius 3 is 2.94 bits per heavy atom. The van der Waals surface area contributed by atoms with Crippen molar-refractivity contribution in [2.75, 3.05) is 11.9 Å². The van der Waals surface area contributed by atoms with Crippen LogP contribution in [0.15, 0.2) is 18.2 Å². The first-order valence-corrected chi connectivity index (χ1v) is 5.87. The second-order valence-corrected chi connectivity index (χ2v) is 4.50. The number of halogens is 1. The lowest BCUT2D eigenvalue weighted by molar-refractivity contribution is -0.385. The molecule has 0 aromatic heterocycles. The van der Waals surface area contributed by atoms with E-state index in [4.69, 9.17) is 4.74 Å². The summed E-state index contributed by atoms with van der Waals surface area (Å²) in [4.78, 5) is 10.0. The summed E-state index contributed by atoms with van der Waals surface area (Å²) in [6.07, 6.45) is 1.78. The smallest absolute Gasteiger partial charge is 0.274 e. The molecule has 2 atom stereocenters. The number of nitro benzene ring substituents is 1. The van der Waals surface area contributed by atoms with Crippen LogP contribution in [-0.4, -0.2) is 23.7 Å². The van der Waals surface area contributed by atoms with Crippen LogP contribution in [0.4, 0.5) is 15.8 Å². The zero-order valence-corrected chi connectivity index (χ0v) is 10.1. The fraction of sp³-hybridized carbons (Fsp3) is 0.500. The van der Waals surface area contributed by atoms with Crippen molar-refractivity contribution in [3.63, 3.8) is 0 Å². The minimum absolute atomic E-state index is 0.153. The second kappa shape index (κ2) is 5.30. The predicted molar refractivity (Wildman–Crippen MR) is 65.1 cm³/mol. The molecule has 0 radical (unpaired) electrons. The van der Waals surface area contributed by atoms with Crippen molar-refractivity contribution in [1.82, 2.24) is 0 Å². The molecule has 1 heterocycles. The highest BCUT2D eigenvalue weighted by atomic mass is 19.1. The van der Waals surface area contributed by atoms with Crippen molar-refractivity contribution < 1.29 is 14.1 Å². The average molecular weight is 254 g/mol. The van der Waals surface area contributed by atoms with E-state index >= 15 is 0 Å². The molecule has 5 nitrogen and oxygen atoms in total. The van der Waals surface area contributed by atoms with Crippen LogP contribution in [-0.2, 0) is 4.74 Å². The first-order valence-electron chi connectivity index (χ1n) is 5.87. The number of benzene rings is 1. The minimum atomic E-state index is -0.605. The number of rotatable bonds is 3. The Hall–Kier alpha value is -1.69. The van der Waals surface area contributed by atoms with Gasteiger partial charge in [0.25, 0.3) is 5.69 Å². The summed E-state index contributed by atoms with van der Waals surface area (Å²) in [7, 11) is 0. The number of nitrogens with one attached hydrogen (secondary N) is 1. The van der Waals surface area contributed by atoms with Gasteiger partial charge in [0.15, 0.2) is 0 Å². The predicted octanol–water partition coefficient (Wildman–Crippen LogP) is 2.71. The van der Waals surface area contributed by atoms with E-state index < -0.39 is 10.7 Å². The molecule has 1 fully saturated rings. The summed E-state index contributed by atoms with van der Waals surface area (Å²) in [5.74, 6) is -0.605. The van der Waals surface area contributed by atoms with Gasteiger partial charge in [0.05, 0.1) is 17.1 Å². The van der Waals surface area contributed by atoms with E-state index in [0.29, 0.717) is 12.3 Å². The van der Waals surface area contributed by atoms with Gasteiger partial charge in [-0.15, -0.1) is 0 Å². The largest absolute Gasteiger partial charge is 0.382 e. The van der Waals surface area contributed by atoms with Crippen LogP contribution in [0, 0.1) is 15.9 Å².